The van der Waals surface area contributed by atoms with Crippen LogP contribution in [0.5, 0.6) is 0 Å². The molecule has 144 valence electrons. The van der Waals surface area contributed by atoms with Crippen molar-refractivity contribution in [1.82, 2.24) is 4.98 Å². The van der Waals surface area contributed by atoms with Gasteiger partial charge in [0.25, 0.3) is 0 Å². The van der Waals surface area contributed by atoms with Gasteiger partial charge in [0.15, 0.2) is 0 Å². The van der Waals surface area contributed by atoms with Crippen LogP contribution >= 0.6 is 0 Å². The standard InChI is InChI=1S/C20H28N6O/c1-14(2)4-5-16(21)13-26(22)18-8-6-17(7-9-18)24-20(27)25-19-12-23-11-10-15(19)3/h6-14H,4-5,21-22H2,1-3H3,(H2,24,25,27)/b16-13-. The van der Waals surface area contributed by atoms with Gasteiger partial charge in [0.2, 0.25) is 0 Å². The summed E-state index contributed by atoms with van der Waals surface area (Å²) in [5, 5.41) is 7.04. The maximum Gasteiger partial charge on any atom is 0.323 e. The highest BCUT2D eigenvalue weighted by molar-refractivity contribution is 6.00. The van der Waals surface area contributed by atoms with Crippen molar-refractivity contribution in [3.63, 3.8) is 0 Å². The van der Waals surface area contributed by atoms with Crippen molar-refractivity contribution in [3.05, 3.63) is 60.2 Å². The summed E-state index contributed by atoms with van der Waals surface area (Å²) in [4.78, 5) is 16.1. The normalized spacial score (nSPS) is 11.4. The quantitative estimate of drug-likeness (QED) is 0.437. The Bertz CT molecular complexity index is 785. The van der Waals surface area contributed by atoms with Gasteiger partial charge in [0.05, 0.1) is 17.6 Å². The summed E-state index contributed by atoms with van der Waals surface area (Å²) >= 11 is 0. The number of carbonyl (C=O) groups excluding carboxylic acids is 1. The number of aromatic nitrogens is 1. The molecule has 0 unspecified atom stereocenters. The summed E-state index contributed by atoms with van der Waals surface area (Å²) in [6.45, 7) is 6.22. The monoisotopic (exact) mass is 368 g/mol. The number of hydrazine groups is 1. The zero-order chi connectivity index (χ0) is 19.8. The Kier molecular flexibility index (Phi) is 7.19. The summed E-state index contributed by atoms with van der Waals surface area (Å²) in [6, 6.07) is 8.70. The molecular formula is C20H28N6O. The number of hydrogen-bond donors (Lipinski definition) is 4. The number of urea groups is 1. The van der Waals surface area contributed by atoms with E-state index >= 15 is 0 Å². The van der Waals surface area contributed by atoms with E-state index in [0.717, 1.165) is 29.8 Å². The number of nitrogens with one attached hydrogen (secondary N) is 2. The second-order valence-electron chi connectivity index (χ2n) is 6.86. The molecule has 6 N–H and O–H groups in total. The molecule has 2 amide bonds. The number of rotatable bonds is 7. The molecule has 1 aromatic carbocycles. The molecule has 0 radical (unpaired) electrons. The molecule has 0 aliphatic rings. The molecule has 7 heteroatoms. The van der Waals surface area contributed by atoms with Gasteiger partial charge in [0, 0.05) is 23.8 Å². The Morgan fingerprint density at radius 3 is 2.56 bits per heavy atom. The van der Waals surface area contributed by atoms with E-state index in [1.807, 2.05) is 25.1 Å². The highest BCUT2D eigenvalue weighted by atomic mass is 16.2. The predicted octanol–water partition coefficient (Wildman–Crippen LogP) is 3.95. The van der Waals surface area contributed by atoms with E-state index in [1.165, 1.54) is 5.01 Å². The summed E-state index contributed by atoms with van der Waals surface area (Å²) in [7, 11) is 0. The lowest BCUT2D eigenvalue weighted by molar-refractivity contribution is 0.262. The Hall–Kier alpha value is -3.06. The van der Waals surface area contributed by atoms with E-state index in [1.54, 1.807) is 30.7 Å². The van der Waals surface area contributed by atoms with Crippen molar-refractivity contribution in [1.29, 1.82) is 0 Å². The first-order valence-corrected chi connectivity index (χ1v) is 8.94. The molecule has 0 saturated carbocycles. The number of anilines is 3. The van der Waals surface area contributed by atoms with Crippen molar-refractivity contribution in [2.45, 2.75) is 33.6 Å². The minimum absolute atomic E-state index is 0.332. The van der Waals surface area contributed by atoms with Crippen molar-refractivity contribution >= 4 is 23.1 Å². The molecule has 1 aromatic heterocycles. The zero-order valence-corrected chi connectivity index (χ0v) is 16.1. The second-order valence-corrected chi connectivity index (χ2v) is 6.86. The number of pyridine rings is 1. The van der Waals surface area contributed by atoms with Gasteiger partial charge in [-0.25, -0.2) is 10.6 Å². The molecular weight excluding hydrogens is 340 g/mol. The lowest BCUT2D eigenvalue weighted by Gasteiger charge is -2.16. The smallest absolute Gasteiger partial charge is 0.323 e. The van der Waals surface area contributed by atoms with E-state index < -0.39 is 0 Å². The first-order valence-electron chi connectivity index (χ1n) is 8.94. The third-order valence-electron chi connectivity index (χ3n) is 4.03. The molecule has 0 saturated heterocycles. The summed E-state index contributed by atoms with van der Waals surface area (Å²) in [5.74, 6) is 6.64. The molecule has 2 rings (SSSR count). The van der Waals surface area contributed by atoms with Crippen LogP contribution in [0, 0.1) is 12.8 Å². The van der Waals surface area contributed by atoms with Crippen LogP contribution in [0.1, 0.15) is 32.3 Å². The second kappa shape index (κ2) is 9.59. The Morgan fingerprint density at radius 1 is 1.22 bits per heavy atom. The van der Waals surface area contributed by atoms with E-state index in [-0.39, 0.29) is 6.03 Å². The first-order chi connectivity index (χ1) is 12.8. The van der Waals surface area contributed by atoms with E-state index in [4.69, 9.17) is 11.6 Å². The Balaban J connectivity index is 1.93. The van der Waals surface area contributed by atoms with Crippen molar-refractivity contribution < 1.29 is 4.79 Å². The SMILES string of the molecule is Cc1ccncc1NC(=O)Nc1ccc(N(N)/C=C(\N)CCC(C)C)cc1. The van der Waals surface area contributed by atoms with Crippen LogP contribution in [0.15, 0.2) is 54.6 Å². The average Bonchev–Trinajstić information content (AvgIpc) is 2.62. The van der Waals surface area contributed by atoms with Gasteiger partial charge in [-0.1, -0.05) is 13.8 Å². The Morgan fingerprint density at radius 2 is 1.93 bits per heavy atom. The number of carbonyl (C=O) groups is 1. The van der Waals surface area contributed by atoms with Crippen molar-refractivity contribution in [2.75, 3.05) is 15.6 Å². The fourth-order valence-corrected chi connectivity index (χ4v) is 2.37. The summed E-state index contributed by atoms with van der Waals surface area (Å²) in [5.41, 5.74) is 9.79. The molecule has 0 aliphatic carbocycles. The maximum atomic E-state index is 12.1. The van der Waals surface area contributed by atoms with Gasteiger partial charge in [0.1, 0.15) is 0 Å². The molecule has 0 fully saturated rings. The Labute approximate surface area is 160 Å². The predicted molar refractivity (Wildman–Crippen MR) is 111 cm³/mol. The van der Waals surface area contributed by atoms with Gasteiger partial charge >= 0.3 is 6.03 Å². The first kappa shape index (κ1) is 20.3. The molecule has 0 atom stereocenters. The fourth-order valence-electron chi connectivity index (χ4n) is 2.37. The molecule has 0 aliphatic heterocycles. The van der Waals surface area contributed by atoms with E-state index in [0.29, 0.717) is 17.3 Å². The van der Waals surface area contributed by atoms with Crippen LogP contribution in [-0.2, 0) is 0 Å². The molecule has 0 spiro atoms. The molecule has 27 heavy (non-hydrogen) atoms. The number of amides is 2. The lowest BCUT2D eigenvalue weighted by Crippen LogP contribution is -2.26. The van der Waals surface area contributed by atoms with E-state index in [9.17, 15) is 4.79 Å². The summed E-state index contributed by atoms with van der Waals surface area (Å²) in [6.07, 6.45) is 6.84. The van der Waals surface area contributed by atoms with Crippen LogP contribution in [0.3, 0.4) is 0 Å². The number of allylic oxidation sites excluding steroid dienone is 1. The van der Waals surface area contributed by atoms with Gasteiger partial charge in [-0.3, -0.25) is 9.99 Å². The fraction of sp³-hybridized carbons (Fsp3) is 0.300. The number of nitrogens with zero attached hydrogens (tertiary/aromatic N) is 2. The van der Waals surface area contributed by atoms with E-state index in [2.05, 4.69) is 29.5 Å². The van der Waals surface area contributed by atoms with Crippen molar-refractivity contribution in [2.24, 2.45) is 17.5 Å². The number of aryl methyl sites for hydroxylation is 1. The van der Waals surface area contributed by atoms with Crippen LogP contribution in [-0.4, -0.2) is 11.0 Å². The van der Waals surface area contributed by atoms with Gasteiger partial charge in [-0.05, 0) is 61.6 Å². The third-order valence-corrected chi connectivity index (χ3v) is 4.03. The van der Waals surface area contributed by atoms with Crippen LogP contribution in [0.25, 0.3) is 0 Å². The van der Waals surface area contributed by atoms with Crippen LogP contribution in [0.2, 0.25) is 0 Å². The number of nitrogens with two attached hydrogens (primary N) is 2. The highest BCUT2D eigenvalue weighted by Gasteiger charge is 2.06. The minimum atomic E-state index is -0.332. The van der Waals surface area contributed by atoms with Crippen LogP contribution < -0.4 is 27.2 Å². The van der Waals surface area contributed by atoms with Crippen molar-refractivity contribution in [3.8, 4) is 0 Å². The topological polar surface area (TPSA) is 109 Å². The molecule has 0 bridgehead atoms. The zero-order valence-electron chi connectivity index (χ0n) is 16.1. The highest BCUT2D eigenvalue weighted by Crippen LogP contribution is 2.18. The molecule has 2 aromatic rings. The minimum Gasteiger partial charge on any atom is -0.401 e. The largest absolute Gasteiger partial charge is 0.401 e. The van der Waals surface area contributed by atoms with Gasteiger partial charge < -0.3 is 16.4 Å². The van der Waals surface area contributed by atoms with Crippen LogP contribution in [0.4, 0.5) is 21.9 Å². The van der Waals surface area contributed by atoms with Gasteiger partial charge in [-0.2, -0.15) is 0 Å². The molecule has 7 nitrogen and oxygen atoms in total. The lowest BCUT2D eigenvalue weighted by atomic mass is 10.1. The maximum absolute atomic E-state index is 12.1. The third kappa shape index (κ3) is 6.63. The molecule has 1 heterocycles. The van der Waals surface area contributed by atoms with Gasteiger partial charge in [-0.15, -0.1) is 0 Å². The average molecular weight is 368 g/mol. The summed E-state index contributed by atoms with van der Waals surface area (Å²) < 4.78 is 0. The number of benzene rings is 1. The number of hydrogen-bond acceptors (Lipinski definition) is 5.